The molecule has 5 heteroatoms. The minimum Gasteiger partial charge on any atom is -0.471 e. The zero-order valence-electron chi connectivity index (χ0n) is 11.7. The largest absolute Gasteiger partial charge is 0.471 e. The highest BCUT2D eigenvalue weighted by Crippen LogP contribution is 2.12. The zero-order valence-corrected chi connectivity index (χ0v) is 11.7. The maximum absolute atomic E-state index is 5.72. The fraction of sp³-hybridized carbons (Fsp3) is 0.429. The molecule has 2 heterocycles. The van der Waals surface area contributed by atoms with Crippen LogP contribution in [0.2, 0.25) is 0 Å². The number of hydrogen-bond acceptors (Lipinski definition) is 4. The Bertz CT molecular complexity index is 536. The summed E-state index contributed by atoms with van der Waals surface area (Å²) in [6, 6.07) is 7.91. The highest BCUT2D eigenvalue weighted by atomic mass is 16.5. The SMILES string of the molecule is CCNCc1cccc(COc2cc(C)nn2C)n1. The molecule has 0 radical (unpaired) electrons. The topological polar surface area (TPSA) is 52.0 Å². The monoisotopic (exact) mass is 260 g/mol. The minimum absolute atomic E-state index is 0.457. The first-order valence-corrected chi connectivity index (χ1v) is 6.48. The minimum atomic E-state index is 0.457. The number of aromatic nitrogens is 3. The number of rotatable bonds is 6. The molecule has 1 N–H and O–H groups in total. The molecule has 102 valence electrons. The molecule has 0 saturated carbocycles. The Labute approximate surface area is 113 Å². The van der Waals surface area contributed by atoms with Crippen molar-refractivity contribution in [3.63, 3.8) is 0 Å². The van der Waals surface area contributed by atoms with E-state index in [9.17, 15) is 0 Å². The quantitative estimate of drug-likeness (QED) is 0.860. The molecule has 0 aliphatic rings. The van der Waals surface area contributed by atoms with E-state index in [1.807, 2.05) is 38.2 Å². The lowest BCUT2D eigenvalue weighted by molar-refractivity contribution is 0.274. The second-order valence-electron chi connectivity index (χ2n) is 4.44. The van der Waals surface area contributed by atoms with Gasteiger partial charge in [-0.1, -0.05) is 13.0 Å². The molecule has 0 fully saturated rings. The second kappa shape index (κ2) is 6.33. The van der Waals surface area contributed by atoms with Crippen molar-refractivity contribution in [3.8, 4) is 5.88 Å². The highest BCUT2D eigenvalue weighted by Gasteiger charge is 2.04. The Morgan fingerprint density at radius 1 is 1.32 bits per heavy atom. The standard InChI is InChI=1S/C14H20N4O/c1-4-15-9-12-6-5-7-13(16-12)10-19-14-8-11(2)17-18(14)3/h5-8,15H,4,9-10H2,1-3H3. The molecule has 2 rings (SSSR count). The van der Waals surface area contributed by atoms with Crippen LogP contribution in [0, 0.1) is 6.92 Å². The molecule has 0 atom stereocenters. The molecular weight excluding hydrogens is 240 g/mol. The number of nitrogens with zero attached hydrogens (tertiary/aromatic N) is 3. The van der Waals surface area contributed by atoms with Crippen LogP contribution >= 0.6 is 0 Å². The molecular formula is C14H20N4O. The first-order chi connectivity index (χ1) is 9.19. The van der Waals surface area contributed by atoms with Crippen molar-refractivity contribution in [2.45, 2.75) is 27.0 Å². The summed E-state index contributed by atoms with van der Waals surface area (Å²) in [5.41, 5.74) is 2.91. The highest BCUT2D eigenvalue weighted by molar-refractivity contribution is 5.16. The van der Waals surface area contributed by atoms with Crippen molar-refractivity contribution in [2.24, 2.45) is 7.05 Å². The number of nitrogens with one attached hydrogen (secondary N) is 1. The van der Waals surface area contributed by atoms with E-state index in [-0.39, 0.29) is 0 Å². The third kappa shape index (κ3) is 3.79. The van der Waals surface area contributed by atoms with Gasteiger partial charge in [-0.05, 0) is 25.6 Å². The Hall–Kier alpha value is -1.88. The maximum Gasteiger partial charge on any atom is 0.212 e. The van der Waals surface area contributed by atoms with Crippen LogP contribution in [-0.2, 0) is 20.2 Å². The van der Waals surface area contributed by atoms with Gasteiger partial charge in [-0.2, -0.15) is 5.10 Å². The van der Waals surface area contributed by atoms with Crippen LogP contribution in [-0.4, -0.2) is 21.3 Å². The van der Waals surface area contributed by atoms with Crippen molar-refractivity contribution in [1.82, 2.24) is 20.1 Å². The Morgan fingerprint density at radius 2 is 2.11 bits per heavy atom. The Kier molecular flexibility index (Phi) is 4.52. The van der Waals surface area contributed by atoms with Crippen LogP contribution in [0.25, 0.3) is 0 Å². The van der Waals surface area contributed by atoms with Gasteiger partial charge in [0.05, 0.1) is 17.1 Å². The normalized spacial score (nSPS) is 10.7. The Balaban J connectivity index is 1.97. The van der Waals surface area contributed by atoms with Crippen LogP contribution in [0.5, 0.6) is 5.88 Å². The maximum atomic E-state index is 5.72. The molecule has 19 heavy (non-hydrogen) atoms. The van der Waals surface area contributed by atoms with Gasteiger partial charge in [-0.25, -0.2) is 4.68 Å². The van der Waals surface area contributed by atoms with Gasteiger partial charge in [-0.15, -0.1) is 0 Å². The molecule has 2 aromatic rings. The van der Waals surface area contributed by atoms with Gasteiger partial charge in [-0.3, -0.25) is 4.98 Å². The second-order valence-corrected chi connectivity index (χ2v) is 4.44. The lowest BCUT2D eigenvalue weighted by Crippen LogP contribution is -2.13. The number of ether oxygens (including phenoxy) is 1. The molecule has 0 unspecified atom stereocenters. The molecule has 0 aromatic carbocycles. The van der Waals surface area contributed by atoms with Gasteiger partial charge in [0.1, 0.15) is 6.61 Å². The summed E-state index contributed by atoms with van der Waals surface area (Å²) >= 11 is 0. The van der Waals surface area contributed by atoms with E-state index < -0.39 is 0 Å². The summed E-state index contributed by atoms with van der Waals surface area (Å²) < 4.78 is 7.45. The summed E-state index contributed by atoms with van der Waals surface area (Å²) in [7, 11) is 1.87. The van der Waals surface area contributed by atoms with E-state index >= 15 is 0 Å². The fourth-order valence-corrected chi connectivity index (χ4v) is 1.83. The lowest BCUT2D eigenvalue weighted by Gasteiger charge is -2.07. The van der Waals surface area contributed by atoms with E-state index in [0.717, 1.165) is 36.1 Å². The Morgan fingerprint density at radius 3 is 2.79 bits per heavy atom. The van der Waals surface area contributed by atoms with Crippen LogP contribution in [0.3, 0.4) is 0 Å². The number of aryl methyl sites for hydroxylation is 2. The van der Waals surface area contributed by atoms with E-state index in [1.54, 1.807) is 4.68 Å². The average Bonchev–Trinajstić information content (AvgIpc) is 2.73. The summed E-state index contributed by atoms with van der Waals surface area (Å²) in [6.45, 7) is 6.21. The van der Waals surface area contributed by atoms with Crippen molar-refractivity contribution in [1.29, 1.82) is 0 Å². The van der Waals surface area contributed by atoms with Crippen molar-refractivity contribution < 1.29 is 4.74 Å². The first-order valence-electron chi connectivity index (χ1n) is 6.48. The molecule has 5 nitrogen and oxygen atoms in total. The summed E-state index contributed by atoms with van der Waals surface area (Å²) in [4.78, 5) is 4.54. The van der Waals surface area contributed by atoms with Gasteiger partial charge in [0.15, 0.2) is 0 Å². The molecule has 0 amide bonds. The molecule has 0 bridgehead atoms. The van der Waals surface area contributed by atoms with Crippen molar-refractivity contribution in [2.75, 3.05) is 6.54 Å². The summed E-state index contributed by atoms with van der Waals surface area (Å²) in [5.74, 6) is 0.761. The van der Waals surface area contributed by atoms with Gasteiger partial charge in [0, 0.05) is 19.7 Å². The lowest BCUT2D eigenvalue weighted by atomic mass is 10.3. The summed E-state index contributed by atoms with van der Waals surface area (Å²) in [5, 5.41) is 7.50. The van der Waals surface area contributed by atoms with Gasteiger partial charge >= 0.3 is 0 Å². The van der Waals surface area contributed by atoms with Gasteiger partial charge in [0.25, 0.3) is 0 Å². The predicted molar refractivity (Wildman–Crippen MR) is 73.9 cm³/mol. The molecule has 0 aliphatic carbocycles. The average molecular weight is 260 g/mol. The predicted octanol–water partition coefficient (Wildman–Crippen LogP) is 1.81. The zero-order chi connectivity index (χ0) is 13.7. The van der Waals surface area contributed by atoms with Crippen LogP contribution in [0.4, 0.5) is 0 Å². The van der Waals surface area contributed by atoms with E-state index in [0.29, 0.717) is 6.61 Å². The summed E-state index contributed by atoms with van der Waals surface area (Å²) in [6.07, 6.45) is 0. The molecule has 0 saturated heterocycles. The van der Waals surface area contributed by atoms with Gasteiger partial charge in [0.2, 0.25) is 5.88 Å². The third-order valence-corrected chi connectivity index (χ3v) is 2.75. The number of hydrogen-bond donors (Lipinski definition) is 1. The van der Waals surface area contributed by atoms with Crippen molar-refractivity contribution >= 4 is 0 Å². The smallest absolute Gasteiger partial charge is 0.212 e. The molecule has 2 aromatic heterocycles. The fourth-order valence-electron chi connectivity index (χ4n) is 1.83. The van der Waals surface area contributed by atoms with Crippen molar-refractivity contribution in [3.05, 3.63) is 41.3 Å². The van der Waals surface area contributed by atoms with E-state index in [1.165, 1.54) is 0 Å². The van der Waals surface area contributed by atoms with Crippen LogP contribution in [0.1, 0.15) is 24.0 Å². The van der Waals surface area contributed by atoms with Gasteiger partial charge < -0.3 is 10.1 Å². The van der Waals surface area contributed by atoms with E-state index in [2.05, 4.69) is 22.3 Å². The number of pyridine rings is 1. The first kappa shape index (κ1) is 13.5. The van der Waals surface area contributed by atoms with E-state index in [4.69, 9.17) is 4.74 Å². The third-order valence-electron chi connectivity index (χ3n) is 2.75. The molecule has 0 spiro atoms. The molecule has 0 aliphatic heterocycles. The van der Waals surface area contributed by atoms with Crippen LogP contribution in [0.15, 0.2) is 24.3 Å². The van der Waals surface area contributed by atoms with Crippen LogP contribution < -0.4 is 10.1 Å².